The minimum atomic E-state index is -3.77. The van der Waals surface area contributed by atoms with E-state index in [0.717, 1.165) is 5.01 Å². The van der Waals surface area contributed by atoms with E-state index in [9.17, 15) is 22.8 Å². The number of nitrogens with one attached hydrogen (secondary N) is 3. The van der Waals surface area contributed by atoms with Gasteiger partial charge in [0.1, 0.15) is 12.3 Å². The van der Waals surface area contributed by atoms with Crippen LogP contribution in [-0.2, 0) is 19.6 Å². The Hall–Kier alpha value is -2.66. The molecule has 3 N–H and O–H groups in total. The van der Waals surface area contributed by atoms with Crippen LogP contribution in [0.25, 0.3) is 0 Å². The summed E-state index contributed by atoms with van der Waals surface area (Å²) in [6.07, 6.45) is -0.200. The lowest BCUT2D eigenvalue weighted by Crippen LogP contribution is -2.45. The molecule has 11 heteroatoms. The molecule has 0 unspecified atom stereocenters. The third kappa shape index (κ3) is 5.16. The van der Waals surface area contributed by atoms with Gasteiger partial charge in [-0.25, -0.2) is 22.9 Å². The van der Waals surface area contributed by atoms with Gasteiger partial charge in [0.2, 0.25) is 21.8 Å². The molecule has 25 heavy (non-hydrogen) atoms. The number of sulfonamides is 1. The van der Waals surface area contributed by atoms with Crippen LogP contribution in [0, 0.1) is 0 Å². The molecule has 10 nitrogen and oxygen atoms in total. The van der Waals surface area contributed by atoms with Crippen molar-refractivity contribution in [3.05, 3.63) is 24.3 Å². The van der Waals surface area contributed by atoms with Crippen LogP contribution in [-0.4, -0.2) is 51.0 Å². The van der Waals surface area contributed by atoms with E-state index in [0.29, 0.717) is 12.4 Å². The summed E-state index contributed by atoms with van der Waals surface area (Å²) in [5.41, 5.74) is 2.22. The second-order valence-corrected chi connectivity index (χ2v) is 6.79. The Morgan fingerprint density at radius 3 is 2.52 bits per heavy atom. The van der Waals surface area contributed by atoms with Gasteiger partial charge in [-0.2, -0.15) is 0 Å². The monoisotopic (exact) mass is 370 g/mol. The Morgan fingerprint density at radius 2 is 1.96 bits per heavy atom. The maximum absolute atomic E-state index is 12.1. The summed E-state index contributed by atoms with van der Waals surface area (Å²) in [7, 11) is -3.77. The first-order chi connectivity index (χ1) is 11.8. The normalized spacial score (nSPS) is 14.4. The highest BCUT2D eigenvalue weighted by Crippen LogP contribution is 2.15. The van der Waals surface area contributed by atoms with Crippen molar-refractivity contribution in [3.63, 3.8) is 0 Å². The van der Waals surface area contributed by atoms with Crippen LogP contribution >= 0.6 is 0 Å². The summed E-state index contributed by atoms with van der Waals surface area (Å²) < 4.78 is 31.8. The summed E-state index contributed by atoms with van der Waals surface area (Å²) in [5, 5.41) is 2.82. The number of hydrogen-bond acceptors (Lipinski definition) is 6. The fraction of sp³-hybridized carbons (Fsp3) is 0.357. The lowest BCUT2D eigenvalue weighted by molar-refractivity contribution is -0.125. The van der Waals surface area contributed by atoms with Gasteiger partial charge in [0.25, 0.3) is 0 Å². The minimum Gasteiger partial charge on any atom is -0.494 e. The molecule has 1 aromatic rings. The molecule has 1 heterocycles. The lowest BCUT2D eigenvalue weighted by atomic mass is 10.3. The zero-order valence-corrected chi connectivity index (χ0v) is 14.3. The number of hydrazine groups is 1. The van der Waals surface area contributed by atoms with Gasteiger partial charge in [0.15, 0.2) is 0 Å². The van der Waals surface area contributed by atoms with Crippen LogP contribution in [0.2, 0.25) is 0 Å². The van der Waals surface area contributed by atoms with Crippen molar-refractivity contribution in [1.82, 2.24) is 20.5 Å². The van der Waals surface area contributed by atoms with Crippen LogP contribution < -0.4 is 20.2 Å². The van der Waals surface area contributed by atoms with Crippen molar-refractivity contribution in [3.8, 4) is 5.75 Å². The van der Waals surface area contributed by atoms with Crippen LogP contribution in [0.1, 0.15) is 13.3 Å². The van der Waals surface area contributed by atoms with E-state index in [4.69, 9.17) is 4.74 Å². The van der Waals surface area contributed by atoms with Gasteiger partial charge < -0.3 is 4.74 Å². The summed E-state index contributed by atoms with van der Waals surface area (Å²) >= 11 is 0. The number of imide groups is 1. The molecule has 0 aliphatic carbocycles. The summed E-state index contributed by atoms with van der Waals surface area (Å²) in [5.74, 6) is -0.569. The first-order valence-corrected chi connectivity index (χ1v) is 8.93. The van der Waals surface area contributed by atoms with Crippen LogP contribution in [0.4, 0.5) is 4.79 Å². The lowest BCUT2D eigenvalue weighted by Gasteiger charge is -2.14. The molecule has 1 saturated heterocycles. The van der Waals surface area contributed by atoms with Crippen LogP contribution in [0.5, 0.6) is 5.75 Å². The summed E-state index contributed by atoms with van der Waals surface area (Å²) in [6, 6.07) is 5.14. The van der Waals surface area contributed by atoms with E-state index >= 15 is 0 Å². The minimum absolute atomic E-state index is 0.0425. The van der Waals surface area contributed by atoms with Gasteiger partial charge >= 0.3 is 6.03 Å². The molecular weight excluding hydrogens is 352 g/mol. The van der Waals surface area contributed by atoms with Crippen molar-refractivity contribution in [2.45, 2.75) is 18.2 Å². The second kappa shape index (κ2) is 7.94. The maximum Gasteiger partial charge on any atom is 0.343 e. The van der Waals surface area contributed by atoms with E-state index in [2.05, 4.69) is 10.1 Å². The number of urea groups is 1. The third-order valence-electron chi connectivity index (χ3n) is 3.14. The van der Waals surface area contributed by atoms with Crippen molar-refractivity contribution in [2.75, 3.05) is 19.7 Å². The van der Waals surface area contributed by atoms with Crippen molar-refractivity contribution in [1.29, 1.82) is 0 Å². The molecule has 1 aliphatic rings. The highest BCUT2D eigenvalue weighted by Gasteiger charge is 2.28. The van der Waals surface area contributed by atoms with Gasteiger partial charge in [-0.05, 0) is 31.2 Å². The standard InChI is InChI=1S/C14H18N4O6S/c1-2-24-10-3-5-11(6-4-10)25(22,23)15-8-7-12(19)17-18-9-13(20)16-14(18)21/h3-6,15H,2,7-9H2,1H3,(H,17,19)(H,16,20,21). The molecule has 136 valence electrons. The first-order valence-electron chi connectivity index (χ1n) is 7.45. The average molecular weight is 370 g/mol. The van der Waals surface area contributed by atoms with Gasteiger partial charge in [0.05, 0.1) is 11.5 Å². The highest BCUT2D eigenvalue weighted by molar-refractivity contribution is 7.89. The topological polar surface area (TPSA) is 134 Å². The smallest absolute Gasteiger partial charge is 0.343 e. The number of rotatable bonds is 8. The number of hydrogen-bond donors (Lipinski definition) is 3. The van der Waals surface area contributed by atoms with Gasteiger partial charge in [-0.3, -0.25) is 20.3 Å². The molecule has 1 aromatic carbocycles. The number of benzene rings is 1. The fourth-order valence-electron chi connectivity index (χ4n) is 2.00. The third-order valence-corrected chi connectivity index (χ3v) is 4.62. The summed E-state index contributed by atoms with van der Waals surface area (Å²) in [4.78, 5) is 34.0. The number of carbonyl (C=O) groups is 3. The Morgan fingerprint density at radius 1 is 1.28 bits per heavy atom. The molecule has 1 fully saturated rings. The van der Waals surface area contributed by atoms with E-state index in [1.165, 1.54) is 24.3 Å². The van der Waals surface area contributed by atoms with E-state index < -0.39 is 27.9 Å². The number of carbonyl (C=O) groups excluding carboxylic acids is 3. The maximum atomic E-state index is 12.1. The first kappa shape index (κ1) is 18.7. The zero-order valence-electron chi connectivity index (χ0n) is 13.4. The molecule has 0 spiro atoms. The molecule has 0 atom stereocenters. The SMILES string of the molecule is CCOc1ccc(S(=O)(=O)NCCC(=O)NN2CC(=O)NC2=O)cc1. The van der Waals surface area contributed by atoms with E-state index in [1.807, 2.05) is 12.2 Å². The van der Waals surface area contributed by atoms with Gasteiger partial charge in [-0.15, -0.1) is 0 Å². The molecule has 2 rings (SSSR count). The fourth-order valence-corrected chi connectivity index (χ4v) is 3.03. The Balaban J connectivity index is 1.82. The molecule has 0 saturated carbocycles. The molecule has 0 radical (unpaired) electrons. The average Bonchev–Trinajstić information content (AvgIpc) is 2.85. The highest BCUT2D eigenvalue weighted by atomic mass is 32.2. The van der Waals surface area contributed by atoms with Crippen molar-refractivity contribution >= 4 is 27.9 Å². The Bertz CT molecular complexity index is 762. The molecular formula is C14H18N4O6S. The number of nitrogens with zero attached hydrogens (tertiary/aromatic N) is 1. The number of ether oxygens (including phenoxy) is 1. The van der Waals surface area contributed by atoms with Crippen LogP contribution in [0.15, 0.2) is 29.2 Å². The second-order valence-electron chi connectivity index (χ2n) is 5.03. The van der Waals surface area contributed by atoms with Crippen molar-refractivity contribution in [2.24, 2.45) is 0 Å². The van der Waals surface area contributed by atoms with E-state index in [-0.39, 0.29) is 24.4 Å². The molecule has 0 bridgehead atoms. The largest absolute Gasteiger partial charge is 0.494 e. The molecule has 1 aliphatic heterocycles. The number of amides is 4. The predicted molar refractivity (Wildman–Crippen MR) is 85.8 cm³/mol. The van der Waals surface area contributed by atoms with Gasteiger partial charge in [0, 0.05) is 13.0 Å². The van der Waals surface area contributed by atoms with Crippen LogP contribution in [0.3, 0.4) is 0 Å². The van der Waals surface area contributed by atoms with Gasteiger partial charge in [-0.1, -0.05) is 0 Å². The Kier molecular flexibility index (Phi) is 5.93. The summed E-state index contributed by atoms with van der Waals surface area (Å²) in [6.45, 7) is 1.85. The van der Waals surface area contributed by atoms with Crippen molar-refractivity contribution < 1.29 is 27.5 Å². The Labute approximate surface area is 144 Å². The molecule has 4 amide bonds. The zero-order chi connectivity index (χ0) is 18.4. The quantitative estimate of drug-likeness (QED) is 0.520. The molecule has 0 aromatic heterocycles. The van der Waals surface area contributed by atoms with E-state index in [1.54, 1.807) is 0 Å². The predicted octanol–water partition coefficient (Wildman–Crippen LogP) is -0.663.